The maximum absolute atomic E-state index is 12.2. The fourth-order valence-electron chi connectivity index (χ4n) is 1.68. The number of nitro groups is 1. The van der Waals surface area contributed by atoms with Crippen molar-refractivity contribution in [3.63, 3.8) is 0 Å². The van der Waals surface area contributed by atoms with E-state index in [0.29, 0.717) is 5.56 Å². The molecule has 0 heterocycles. The molecule has 0 saturated heterocycles. The maximum Gasteiger partial charge on any atom is 0.270 e. The molecule has 2 rings (SSSR count). The van der Waals surface area contributed by atoms with Gasteiger partial charge in [0.05, 0.1) is 21.7 Å². The molecule has 0 aromatic heterocycles. The summed E-state index contributed by atoms with van der Waals surface area (Å²) in [5.74, 6) is -0.370. The lowest BCUT2D eigenvalue weighted by atomic mass is 10.1. The summed E-state index contributed by atoms with van der Waals surface area (Å²) in [5.41, 5.74) is 0.565. The van der Waals surface area contributed by atoms with Crippen LogP contribution in [-0.4, -0.2) is 10.8 Å². The second-order valence-corrected chi connectivity index (χ2v) is 5.19. The summed E-state index contributed by atoms with van der Waals surface area (Å²) in [6.07, 6.45) is 0. The molecule has 2 aromatic rings. The van der Waals surface area contributed by atoms with Gasteiger partial charge in [0.25, 0.3) is 11.6 Å². The lowest BCUT2D eigenvalue weighted by Crippen LogP contribution is -2.14. The summed E-state index contributed by atoms with van der Waals surface area (Å²) >= 11 is 2.04. The van der Waals surface area contributed by atoms with Crippen molar-refractivity contribution in [3.8, 4) is 6.07 Å². The van der Waals surface area contributed by atoms with E-state index in [1.807, 2.05) is 34.7 Å². The van der Waals surface area contributed by atoms with Crippen LogP contribution in [0.25, 0.3) is 0 Å². The minimum absolute atomic E-state index is 0.0449. The first-order valence-corrected chi connectivity index (χ1v) is 6.85. The zero-order chi connectivity index (χ0) is 15.4. The Morgan fingerprint density at radius 3 is 2.62 bits per heavy atom. The van der Waals surface area contributed by atoms with Crippen molar-refractivity contribution in [3.05, 3.63) is 67.3 Å². The van der Waals surface area contributed by atoms with Gasteiger partial charge in [-0.25, -0.2) is 0 Å². The van der Waals surface area contributed by atoms with Crippen molar-refractivity contribution in [1.82, 2.24) is 0 Å². The van der Waals surface area contributed by atoms with Crippen molar-refractivity contribution in [1.29, 1.82) is 5.26 Å². The lowest BCUT2D eigenvalue weighted by molar-refractivity contribution is -0.384. The third kappa shape index (κ3) is 3.35. The number of nitrogens with zero attached hydrogens (tertiary/aromatic N) is 2. The fourth-order valence-corrected chi connectivity index (χ4v) is 2.31. The van der Waals surface area contributed by atoms with Crippen LogP contribution in [0.3, 0.4) is 0 Å². The van der Waals surface area contributed by atoms with Gasteiger partial charge >= 0.3 is 0 Å². The largest absolute Gasteiger partial charge is 0.321 e. The molecule has 1 amide bonds. The lowest BCUT2D eigenvalue weighted by Gasteiger charge is -2.08. The Labute approximate surface area is 133 Å². The summed E-state index contributed by atoms with van der Waals surface area (Å²) in [6, 6.07) is 12.6. The molecule has 104 valence electrons. The Bertz CT molecular complexity index is 768. The highest BCUT2D eigenvalue weighted by Gasteiger charge is 2.14. The molecule has 0 atom stereocenters. The topological polar surface area (TPSA) is 96.0 Å². The van der Waals surface area contributed by atoms with Gasteiger partial charge in [-0.3, -0.25) is 14.9 Å². The number of carbonyl (C=O) groups is 1. The summed E-state index contributed by atoms with van der Waals surface area (Å²) in [5, 5.41) is 22.3. The molecule has 0 aliphatic heterocycles. The monoisotopic (exact) mass is 393 g/mol. The number of carbonyl (C=O) groups excluding carboxylic acids is 1. The maximum atomic E-state index is 12.2. The van der Waals surface area contributed by atoms with Gasteiger partial charge in [0.1, 0.15) is 6.07 Å². The first kappa shape index (κ1) is 14.9. The summed E-state index contributed by atoms with van der Waals surface area (Å²) in [4.78, 5) is 22.2. The highest BCUT2D eigenvalue weighted by atomic mass is 127. The van der Waals surface area contributed by atoms with Gasteiger partial charge in [0.2, 0.25) is 0 Å². The number of nitrogens with one attached hydrogen (secondary N) is 1. The van der Waals surface area contributed by atoms with Crippen molar-refractivity contribution in [2.24, 2.45) is 0 Å². The molecule has 0 saturated carbocycles. The van der Waals surface area contributed by atoms with E-state index in [-0.39, 0.29) is 22.8 Å². The molecule has 1 N–H and O–H groups in total. The Morgan fingerprint density at radius 1 is 1.29 bits per heavy atom. The number of amides is 1. The second kappa shape index (κ2) is 6.32. The van der Waals surface area contributed by atoms with Crippen LogP contribution in [-0.2, 0) is 0 Å². The predicted octanol–water partition coefficient (Wildman–Crippen LogP) is 3.32. The van der Waals surface area contributed by atoms with E-state index >= 15 is 0 Å². The number of anilines is 1. The number of nitriles is 1. The van der Waals surface area contributed by atoms with Crippen LogP contribution in [0.5, 0.6) is 0 Å². The number of non-ortho nitro benzene ring substituents is 1. The predicted molar refractivity (Wildman–Crippen MR) is 84.9 cm³/mol. The van der Waals surface area contributed by atoms with Gasteiger partial charge < -0.3 is 5.32 Å². The number of benzene rings is 2. The standard InChI is InChI=1S/C14H8IN3O3/c15-12-4-2-1-3-11(12)14(19)17-13-6-5-10(18(20)21)7-9(13)8-16/h1-7H,(H,17,19). The van der Waals surface area contributed by atoms with E-state index in [9.17, 15) is 14.9 Å². The van der Waals surface area contributed by atoms with E-state index in [0.717, 1.165) is 9.64 Å². The highest BCUT2D eigenvalue weighted by Crippen LogP contribution is 2.22. The molecule has 7 heteroatoms. The van der Waals surface area contributed by atoms with Crippen LogP contribution in [0.1, 0.15) is 15.9 Å². The van der Waals surface area contributed by atoms with Gasteiger partial charge in [-0.05, 0) is 40.8 Å². The van der Waals surface area contributed by atoms with E-state index in [1.54, 1.807) is 18.2 Å². The first-order valence-electron chi connectivity index (χ1n) is 5.77. The van der Waals surface area contributed by atoms with Crippen LogP contribution in [0.4, 0.5) is 11.4 Å². The van der Waals surface area contributed by atoms with E-state index < -0.39 is 4.92 Å². The van der Waals surface area contributed by atoms with Crippen LogP contribution in [0.2, 0.25) is 0 Å². The minimum atomic E-state index is -0.591. The van der Waals surface area contributed by atoms with Gasteiger partial charge in [-0.1, -0.05) is 12.1 Å². The third-order valence-electron chi connectivity index (χ3n) is 2.70. The van der Waals surface area contributed by atoms with E-state index in [2.05, 4.69) is 5.32 Å². The molecule has 0 bridgehead atoms. The number of halogens is 1. The number of hydrogen-bond donors (Lipinski definition) is 1. The molecule has 0 aliphatic carbocycles. The van der Waals surface area contributed by atoms with Crippen LogP contribution in [0.15, 0.2) is 42.5 Å². The molecule has 0 aliphatic rings. The molecule has 0 spiro atoms. The minimum Gasteiger partial charge on any atom is -0.321 e. The van der Waals surface area contributed by atoms with Crippen molar-refractivity contribution in [2.45, 2.75) is 0 Å². The van der Waals surface area contributed by atoms with Gasteiger partial charge in [0.15, 0.2) is 0 Å². The molecular weight excluding hydrogens is 385 g/mol. The Hall–Kier alpha value is -2.47. The summed E-state index contributed by atoms with van der Waals surface area (Å²) in [6.45, 7) is 0. The number of nitro benzene ring substituents is 1. The summed E-state index contributed by atoms with van der Waals surface area (Å²) in [7, 11) is 0. The van der Waals surface area contributed by atoms with Crippen molar-refractivity contribution < 1.29 is 9.72 Å². The smallest absolute Gasteiger partial charge is 0.270 e. The third-order valence-corrected chi connectivity index (χ3v) is 3.64. The molecule has 2 aromatic carbocycles. The molecule has 21 heavy (non-hydrogen) atoms. The SMILES string of the molecule is N#Cc1cc([N+](=O)[O-])ccc1NC(=O)c1ccccc1I. The first-order chi connectivity index (χ1) is 10.0. The normalized spacial score (nSPS) is 9.71. The zero-order valence-electron chi connectivity index (χ0n) is 10.5. The second-order valence-electron chi connectivity index (χ2n) is 4.03. The van der Waals surface area contributed by atoms with E-state index in [4.69, 9.17) is 5.26 Å². The highest BCUT2D eigenvalue weighted by molar-refractivity contribution is 14.1. The average Bonchev–Trinajstić information content (AvgIpc) is 2.47. The number of rotatable bonds is 3. The Morgan fingerprint density at radius 2 is 2.00 bits per heavy atom. The number of hydrogen-bond acceptors (Lipinski definition) is 4. The van der Waals surface area contributed by atoms with Crippen LogP contribution < -0.4 is 5.32 Å². The summed E-state index contributed by atoms with van der Waals surface area (Å²) < 4.78 is 0.771. The average molecular weight is 393 g/mol. The molecule has 0 fully saturated rings. The molecular formula is C14H8IN3O3. The van der Waals surface area contributed by atoms with Gasteiger partial charge in [-0.15, -0.1) is 0 Å². The van der Waals surface area contributed by atoms with Crippen molar-refractivity contribution >= 4 is 39.9 Å². The Kier molecular flexibility index (Phi) is 4.49. The molecule has 6 nitrogen and oxygen atoms in total. The van der Waals surface area contributed by atoms with Crippen molar-refractivity contribution in [2.75, 3.05) is 5.32 Å². The van der Waals surface area contributed by atoms with Gasteiger partial charge in [-0.2, -0.15) is 5.26 Å². The Balaban J connectivity index is 2.32. The molecule has 0 radical (unpaired) electrons. The van der Waals surface area contributed by atoms with Crippen LogP contribution >= 0.6 is 22.6 Å². The zero-order valence-corrected chi connectivity index (χ0v) is 12.7. The fraction of sp³-hybridized carbons (Fsp3) is 0. The molecule has 0 unspecified atom stereocenters. The van der Waals surface area contributed by atoms with Gasteiger partial charge in [0, 0.05) is 15.7 Å². The van der Waals surface area contributed by atoms with Crippen LogP contribution in [0, 0.1) is 25.0 Å². The quantitative estimate of drug-likeness (QED) is 0.492. The van der Waals surface area contributed by atoms with E-state index in [1.165, 1.54) is 12.1 Å².